The summed E-state index contributed by atoms with van der Waals surface area (Å²) < 4.78 is 10.5. The zero-order chi connectivity index (χ0) is 16.4. The highest BCUT2D eigenvalue weighted by molar-refractivity contribution is 7.99. The number of fused-ring (bicyclic) bond motifs is 1. The van der Waals surface area contributed by atoms with E-state index in [0.717, 1.165) is 5.56 Å². The molecule has 2 aliphatic heterocycles. The van der Waals surface area contributed by atoms with E-state index in [4.69, 9.17) is 9.47 Å². The van der Waals surface area contributed by atoms with Crippen LogP contribution in [0.15, 0.2) is 18.2 Å². The molecule has 23 heavy (non-hydrogen) atoms. The molecule has 0 saturated carbocycles. The van der Waals surface area contributed by atoms with Crippen LogP contribution in [-0.2, 0) is 16.0 Å². The second kappa shape index (κ2) is 6.70. The molecule has 0 N–H and O–H groups in total. The molecular formula is C16H20N2O4S. The molecule has 0 bridgehead atoms. The Labute approximate surface area is 139 Å². The van der Waals surface area contributed by atoms with Crippen LogP contribution in [0.2, 0.25) is 0 Å². The van der Waals surface area contributed by atoms with Gasteiger partial charge in [0.1, 0.15) is 6.04 Å². The van der Waals surface area contributed by atoms with Gasteiger partial charge >= 0.3 is 0 Å². The average Bonchev–Trinajstić information content (AvgIpc) is 3.07. The molecule has 2 amide bonds. The minimum Gasteiger partial charge on any atom is -0.493 e. The highest BCUT2D eigenvalue weighted by Crippen LogP contribution is 2.29. The van der Waals surface area contributed by atoms with Crippen molar-refractivity contribution < 1.29 is 19.1 Å². The monoisotopic (exact) mass is 336 g/mol. The number of rotatable bonds is 5. The summed E-state index contributed by atoms with van der Waals surface area (Å²) >= 11 is 1.64. The summed E-state index contributed by atoms with van der Waals surface area (Å²) in [6, 6.07) is 5.45. The Morgan fingerprint density at radius 2 is 2.00 bits per heavy atom. The lowest BCUT2D eigenvalue weighted by molar-refractivity contribution is -0.153. The molecule has 0 spiro atoms. The largest absolute Gasteiger partial charge is 0.493 e. The number of benzene rings is 1. The molecule has 1 aromatic carbocycles. The van der Waals surface area contributed by atoms with Crippen LogP contribution in [0.5, 0.6) is 11.5 Å². The smallest absolute Gasteiger partial charge is 0.246 e. The summed E-state index contributed by atoms with van der Waals surface area (Å²) in [6.07, 6.45) is 0.680. The molecule has 1 atom stereocenters. The number of carbonyl (C=O) groups excluding carboxylic acids is 2. The lowest BCUT2D eigenvalue weighted by Gasteiger charge is -2.35. The summed E-state index contributed by atoms with van der Waals surface area (Å²) in [5.41, 5.74) is 1.05. The van der Waals surface area contributed by atoms with Crippen LogP contribution in [0.4, 0.5) is 0 Å². The normalized spacial score (nSPS) is 20.7. The minimum atomic E-state index is -0.272. The number of carbonyl (C=O) groups is 2. The fourth-order valence-electron chi connectivity index (χ4n) is 2.93. The van der Waals surface area contributed by atoms with Crippen LogP contribution in [0.25, 0.3) is 0 Å². The second-order valence-corrected chi connectivity index (χ2v) is 6.58. The van der Waals surface area contributed by atoms with Gasteiger partial charge in [-0.1, -0.05) is 6.07 Å². The average molecular weight is 336 g/mol. The summed E-state index contributed by atoms with van der Waals surface area (Å²) in [4.78, 5) is 27.9. The van der Waals surface area contributed by atoms with Crippen LogP contribution in [-0.4, -0.2) is 66.6 Å². The number of amides is 2. The summed E-state index contributed by atoms with van der Waals surface area (Å²) in [7, 11) is 3.20. The number of thioether (sulfide) groups is 1. The van der Waals surface area contributed by atoms with Gasteiger partial charge < -0.3 is 19.3 Å². The highest BCUT2D eigenvalue weighted by Gasteiger charge is 2.42. The first-order chi connectivity index (χ1) is 11.1. The predicted octanol–water partition coefficient (Wildman–Crippen LogP) is 0.990. The van der Waals surface area contributed by atoms with Gasteiger partial charge in [0.15, 0.2) is 11.5 Å². The Balaban J connectivity index is 1.66. The quantitative estimate of drug-likeness (QED) is 0.803. The SMILES string of the molecule is COc1ccc(CCN2CC(=O)N3CSCC3C2=O)cc1OC. The van der Waals surface area contributed by atoms with Crippen molar-refractivity contribution in [3.63, 3.8) is 0 Å². The van der Waals surface area contributed by atoms with Crippen molar-refractivity contribution in [2.24, 2.45) is 0 Å². The van der Waals surface area contributed by atoms with E-state index in [1.165, 1.54) is 0 Å². The van der Waals surface area contributed by atoms with Gasteiger partial charge in [0.2, 0.25) is 11.8 Å². The molecule has 124 valence electrons. The first-order valence-electron chi connectivity index (χ1n) is 7.51. The molecule has 7 heteroatoms. The van der Waals surface area contributed by atoms with Crippen molar-refractivity contribution in [3.8, 4) is 11.5 Å². The van der Waals surface area contributed by atoms with Gasteiger partial charge in [0.05, 0.1) is 26.6 Å². The number of ether oxygens (including phenoxy) is 2. The Hall–Kier alpha value is -1.89. The van der Waals surface area contributed by atoms with Crippen LogP contribution >= 0.6 is 11.8 Å². The van der Waals surface area contributed by atoms with E-state index in [1.54, 1.807) is 35.8 Å². The van der Waals surface area contributed by atoms with Gasteiger partial charge in [-0.3, -0.25) is 9.59 Å². The molecule has 3 rings (SSSR count). The minimum absolute atomic E-state index is 0.0481. The molecule has 0 radical (unpaired) electrons. The van der Waals surface area contributed by atoms with Gasteiger partial charge in [0.25, 0.3) is 0 Å². The molecule has 2 heterocycles. The lowest BCUT2D eigenvalue weighted by Crippen LogP contribution is -2.58. The van der Waals surface area contributed by atoms with Gasteiger partial charge in [-0.2, -0.15) is 0 Å². The topological polar surface area (TPSA) is 59.1 Å². The Bertz CT molecular complexity index is 622. The standard InChI is InChI=1S/C16H20N2O4S/c1-21-13-4-3-11(7-14(13)22-2)5-6-17-8-15(19)18-10-23-9-12(18)16(17)20/h3-4,7,12H,5-6,8-10H2,1-2H3. The number of methoxy groups -OCH3 is 2. The molecule has 2 aliphatic rings. The Kier molecular flexibility index (Phi) is 4.66. The van der Waals surface area contributed by atoms with Crippen molar-refractivity contribution in [1.29, 1.82) is 0 Å². The third-order valence-corrected chi connectivity index (χ3v) is 5.26. The molecule has 1 unspecified atom stereocenters. The Morgan fingerprint density at radius 1 is 1.22 bits per heavy atom. The van der Waals surface area contributed by atoms with E-state index in [1.807, 2.05) is 18.2 Å². The fourth-order valence-corrected chi connectivity index (χ4v) is 4.10. The van der Waals surface area contributed by atoms with Crippen LogP contribution in [0.3, 0.4) is 0 Å². The summed E-state index contributed by atoms with van der Waals surface area (Å²) in [6.45, 7) is 0.720. The lowest BCUT2D eigenvalue weighted by atomic mass is 10.1. The third-order valence-electron chi connectivity index (χ3n) is 4.24. The molecule has 0 aromatic heterocycles. The zero-order valence-corrected chi connectivity index (χ0v) is 14.1. The van der Waals surface area contributed by atoms with Crippen molar-refractivity contribution in [2.45, 2.75) is 12.5 Å². The van der Waals surface area contributed by atoms with E-state index in [9.17, 15) is 9.59 Å². The van der Waals surface area contributed by atoms with E-state index >= 15 is 0 Å². The first kappa shape index (κ1) is 16.0. The van der Waals surface area contributed by atoms with E-state index in [-0.39, 0.29) is 24.4 Å². The maximum Gasteiger partial charge on any atom is 0.246 e. The summed E-state index contributed by atoms with van der Waals surface area (Å²) in [5, 5.41) is 0. The van der Waals surface area contributed by atoms with Crippen molar-refractivity contribution in [1.82, 2.24) is 9.80 Å². The van der Waals surface area contributed by atoms with Crippen LogP contribution < -0.4 is 9.47 Å². The van der Waals surface area contributed by atoms with E-state index in [0.29, 0.717) is 36.1 Å². The second-order valence-electron chi connectivity index (χ2n) is 5.58. The van der Waals surface area contributed by atoms with Gasteiger partial charge in [-0.25, -0.2) is 0 Å². The molecule has 2 fully saturated rings. The number of nitrogens with zero attached hydrogens (tertiary/aromatic N) is 2. The van der Waals surface area contributed by atoms with E-state index in [2.05, 4.69) is 0 Å². The van der Waals surface area contributed by atoms with Crippen molar-refractivity contribution in [3.05, 3.63) is 23.8 Å². The zero-order valence-electron chi connectivity index (χ0n) is 13.3. The molecular weight excluding hydrogens is 316 g/mol. The first-order valence-corrected chi connectivity index (χ1v) is 8.66. The third kappa shape index (κ3) is 3.10. The molecule has 6 nitrogen and oxygen atoms in total. The van der Waals surface area contributed by atoms with Crippen molar-refractivity contribution in [2.75, 3.05) is 38.9 Å². The Morgan fingerprint density at radius 3 is 2.74 bits per heavy atom. The highest BCUT2D eigenvalue weighted by atomic mass is 32.2. The molecule has 0 aliphatic carbocycles. The maximum atomic E-state index is 12.5. The molecule has 2 saturated heterocycles. The van der Waals surface area contributed by atoms with Crippen molar-refractivity contribution >= 4 is 23.6 Å². The number of hydrogen-bond donors (Lipinski definition) is 0. The molecule has 1 aromatic rings. The fraction of sp³-hybridized carbons (Fsp3) is 0.500. The predicted molar refractivity (Wildman–Crippen MR) is 87.8 cm³/mol. The summed E-state index contributed by atoms with van der Waals surface area (Å²) in [5.74, 6) is 2.81. The van der Waals surface area contributed by atoms with Gasteiger partial charge in [-0.05, 0) is 24.1 Å². The van der Waals surface area contributed by atoms with Crippen LogP contribution in [0.1, 0.15) is 5.56 Å². The maximum absolute atomic E-state index is 12.5. The number of hydrogen-bond acceptors (Lipinski definition) is 5. The number of piperazine rings is 1. The van der Waals surface area contributed by atoms with Gasteiger partial charge in [-0.15, -0.1) is 11.8 Å². The van der Waals surface area contributed by atoms with Gasteiger partial charge in [0, 0.05) is 12.3 Å². The van der Waals surface area contributed by atoms with Crippen LogP contribution in [0, 0.1) is 0 Å². The van der Waals surface area contributed by atoms with E-state index < -0.39 is 0 Å².